The van der Waals surface area contributed by atoms with Gasteiger partial charge in [-0.15, -0.1) is 22.7 Å². The van der Waals surface area contributed by atoms with Gasteiger partial charge in [0.15, 0.2) is 23.9 Å². The van der Waals surface area contributed by atoms with E-state index < -0.39 is 23.9 Å². The van der Waals surface area contributed by atoms with Gasteiger partial charge in [-0.2, -0.15) is 5.10 Å². The number of nitrogens with two attached hydrogens (primary N) is 1. The summed E-state index contributed by atoms with van der Waals surface area (Å²) in [6, 6.07) is 11.6. The molecule has 3 N–H and O–H groups in total. The molecule has 0 aliphatic rings. The predicted octanol–water partition coefficient (Wildman–Crippen LogP) is 5.87. The van der Waals surface area contributed by atoms with Gasteiger partial charge in [0.05, 0.1) is 19.9 Å². The lowest BCUT2D eigenvalue weighted by molar-refractivity contribution is 0.100. The lowest BCUT2D eigenvalue weighted by Gasteiger charge is -2.13. The van der Waals surface area contributed by atoms with Crippen LogP contribution in [0.1, 0.15) is 37.2 Å². The molecule has 212 valence electrons. The monoisotopic (exact) mass is 599 g/mol. The highest BCUT2D eigenvalue weighted by Gasteiger charge is 2.26. The summed E-state index contributed by atoms with van der Waals surface area (Å²) in [5.74, 6) is -0.204. The molecule has 1 aromatic carbocycles. The summed E-state index contributed by atoms with van der Waals surface area (Å²) >= 11 is 2.22. The summed E-state index contributed by atoms with van der Waals surface area (Å²) in [5.41, 5.74) is 5.68. The number of nitrogens with zero attached hydrogens (tertiary/aromatic N) is 3. The minimum atomic E-state index is -2.83. The molecule has 4 heterocycles. The number of hydrogen-bond acceptors (Lipinski definition) is 9. The standard InChI is InChI=1S/C27H23F2N5O5S2/c1-13-7-8-19(40-13)14-11-16(24(28)29)31-27-20(14)21(23(41-27)25(30)35)32-26(36)15-9-10-34(33-15)12-39-22-17(37-2)5-4-6-18(22)38-3/h4-11,24H,12H2,1-3H3,(H2,30,35)(H,32,36). The van der Waals surface area contributed by atoms with Crippen molar-refractivity contribution in [3.63, 3.8) is 0 Å². The summed E-state index contributed by atoms with van der Waals surface area (Å²) < 4.78 is 45.3. The molecular formula is C27H23F2N5O5S2. The van der Waals surface area contributed by atoms with Crippen molar-refractivity contribution in [3.8, 4) is 27.7 Å². The van der Waals surface area contributed by atoms with Gasteiger partial charge >= 0.3 is 0 Å². The lowest BCUT2D eigenvalue weighted by Crippen LogP contribution is -2.18. The Hall–Kier alpha value is -4.56. The number of para-hydroxylation sites is 1. The highest BCUT2D eigenvalue weighted by Crippen LogP contribution is 2.44. The molecule has 0 bridgehead atoms. The number of carbonyl (C=O) groups excluding carboxylic acids is 2. The number of thiophene rings is 2. The number of methoxy groups -OCH3 is 2. The Morgan fingerprint density at radius 3 is 2.44 bits per heavy atom. The Bertz CT molecular complexity index is 1740. The molecule has 0 fully saturated rings. The smallest absolute Gasteiger partial charge is 0.280 e. The van der Waals surface area contributed by atoms with Crippen LogP contribution in [0.2, 0.25) is 0 Å². The molecule has 0 aliphatic carbocycles. The van der Waals surface area contributed by atoms with Crippen molar-refractivity contribution in [1.29, 1.82) is 0 Å². The molecule has 10 nitrogen and oxygen atoms in total. The van der Waals surface area contributed by atoms with Gasteiger partial charge in [-0.1, -0.05) is 6.07 Å². The number of hydrogen-bond donors (Lipinski definition) is 2. The minimum absolute atomic E-state index is 0.0149. The van der Waals surface area contributed by atoms with Crippen LogP contribution in [0.5, 0.6) is 17.2 Å². The van der Waals surface area contributed by atoms with Gasteiger partial charge in [-0.05, 0) is 43.3 Å². The first-order chi connectivity index (χ1) is 19.7. The van der Waals surface area contributed by atoms with Gasteiger partial charge in [0.2, 0.25) is 5.75 Å². The molecule has 14 heteroatoms. The van der Waals surface area contributed by atoms with E-state index in [-0.39, 0.29) is 27.8 Å². The van der Waals surface area contributed by atoms with E-state index in [2.05, 4.69) is 15.4 Å². The van der Waals surface area contributed by atoms with Crippen LogP contribution in [-0.2, 0) is 6.73 Å². The fraction of sp³-hybridized carbons (Fsp3) is 0.185. The maximum atomic E-state index is 13.7. The van der Waals surface area contributed by atoms with Crippen LogP contribution in [0, 0.1) is 6.92 Å². The third-order valence-electron chi connectivity index (χ3n) is 5.97. The van der Waals surface area contributed by atoms with Crippen molar-refractivity contribution in [1.82, 2.24) is 14.8 Å². The van der Waals surface area contributed by atoms with Crippen LogP contribution in [0.4, 0.5) is 14.5 Å². The molecule has 0 aliphatic heterocycles. The number of fused-ring (bicyclic) bond motifs is 1. The summed E-state index contributed by atoms with van der Waals surface area (Å²) in [5, 5.41) is 7.32. The van der Waals surface area contributed by atoms with Crippen LogP contribution in [0.15, 0.2) is 48.7 Å². The first-order valence-corrected chi connectivity index (χ1v) is 13.6. The average molecular weight is 600 g/mol. The second kappa shape index (κ2) is 11.5. The predicted molar refractivity (Wildman–Crippen MR) is 151 cm³/mol. The second-order valence-corrected chi connectivity index (χ2v) is 10.9. The number of rotatable bonds is 10. The molecule has 0 radical (unpaired) electrons. The topological polar surface area (TPSA) is 131 Å². The van der Waals surface area contributed by atoms with Gasteiger partial charge in [0, 0.05) is 26.9 Å². The largest absolute Gasteiger partial charge is 0.493 e. The number of carbonyl (C=O) groups is 2. The summed E-state index contributed by atoms with van der Waals surface area (Å²) in [7, 11) is 3.00. The summed E-state index contributed by atoms with van der Waals surface area (Å²) in [6.07, 6.45) is -1.30. The Balaban J connectivity index is 1.47. The fourth-order valence-corrected chi connectivity index (χ4v) is 6.02. The molecule has 5 aromatic rings. The van der Waals surface area contributed by atoms with Crippen LogP contribution in [0.3, 0.4) is 0 Å². The van der Waals surface area contributed by atoms with E-state index in [9.17, 15) is 18.4 Å². The lowest BCUT2D eigenvalue weighted by atomic mass is 10.1. The SMILES string of the molecule is COc1cccc(OC)c1OCn1ccc(C(=O)Nc2c(C(N)=O)sc3nc(C(F)F)cc(-c4ccc(C)s4)c23)n1. The van der Waals surface area contributed by atoms with Crippen molar-refractivity contribution >= 4 is 50.4 Å². The van der Waals surface area contributed by atoms with E-state index in [1.165, 1.54) is 48.6 Å². The maximum absolute atomic E-state index is 13.7. The number of ether oxygens (including phenoxy) is 3. The van der Waals surface area contributed by atoms with Crippen molar-refractivity contribution in [2.24, 2.45) is 5.73 Å². The van der Waals surface area contributed by atoms with E-state index in [4.69, 9.17) is 19.9 Å². The van der Waals surface area contributed by atoms with E-state index >= 15 is 0 Å². The maximum Gasteiger partial charge on any atom is 0.280 e. The number of nitrogens with one attached hydrogen (secondary N) is 1. The number of halogens is 2. The van der Waals surface area contributed by atoms with E-state index in [0.29, 0.717) is 33.1 Å². The van der Waals surface area contributed by atoms with Crippen molar-refractivity contribution < 1.29 is 32.6 Å². The van der Waals surface area contributed by atoms with Gasteiger partial charge in [0.25, 0.3) is 18.2 Å². The fourth-order valence-electron chi connectivity index (χ4n) is 4.12. The first kappa shape index (κ1) is 28.0. The Kier molecular flexibility index (Phi) is 7.85. The first-order valence-electron chi connectivity index (χ1n) is 12.0. The molecule has 0 saturated carbocycles. The number of benzene rings is 1. The summed E-state index contributed by atoms with van der Waals surface area (Å²) in [4.78, 5) is 31.5. The number of alkyl halides is 2. The van der Waals surface area contributed by atoms with E-state index in [1.807, 2.05) is 13.0 Å². The van der Waals surface area contributed by atoms with Crippen molar-refractivity contribution in [2.75, 3.05) is 19.5 Å². The van der Waals surface area contributed by atoms with Crippen LogP contribution in [-0.4, -0.2) is 40.8 Å². The Labute approximate surface area is 240 Å². The third kappa shape index (κ3) is 5.56. The number of pyridine rings is 1. The zero-order chi connectivity index (χ0) is 29.3. The number of anilines is 1. The zero-order valence-electron chi connectivity index (χ0n) is 21.9. The number of amides is 2. The van der Waals surface area contributed by atoms with Gasteiger partial charge < -0.3 is 25.3 Å². The molecule has 0 spiro atoms. The van der Waals surface area contributed by atoms with Gasteiger partial charge in [-0.25, -0.2) is 18.4 Å². The third-order valence-corrected chi connectivity index (χ3v) is 8.10. The second-order valence-electron chi connectivity index (χ2n) is 8.62. The molecular weight excluding hydrogens is 576 g/mol. The molecule has 5 rings (SSSR count). The van der Waals surface area contributed by atoms with Crippen molar-refractivity contribution in [3.05, 3.63) is 69.8 Å². The van der Waals surface area contributed by atoms with Gasteiger partial charge in [-0.3, -0.25) is 9.59 Å². The molecule has 0 saturated heterocycles. The minimum Gasteiger partial charge on any atom is -0.493 e. The van der Waals surface area contributed by atoms with E-state index in [1.54, 1.807) is 24.3 Å². The highest BCUT2D eigenvalue weighted by atomic mass is 32.1. The normalized spacial score (nSPS) is 11.2. The Morgan fingerprint density at radius 2 is 1.83 bits per heavy atom. The van der Waals surface area contributed by atoms with Crippen LogP contribution < -0.4 is 25.3 Å². The number of primary amides is 1. The Morgan fingerprint density at radius 1 is 1.10 bits per heavy atom. The van der Waals surface area contributed by atoms with Crippen molar-refractivity contribution in [2.45, 2.75) is 20.1 Å². The van der Waals surface area contributed by atoms with E-state index in [0.717, 1.165) is 16.2 Å². The molecule has 0 atom stereocenters. The molecule has 41 heavy (non-hydrogen) atoms. The van der Waals surface area contributed by atoms with Gasteiger partial charge in [0.1, 0.15) is 15.4 Å². The van der Waals surface area contributed by atoms with Crippen LogP contribution in [0.25, 0.3) is 20.7 Å². The average Bonchev–Trinajstić information content (AvgIpc) is 3.70. The zero-order valence-corrected chi connectivity index (χ0v) is 23.6. The molecule has 2 amide bonds. The number of aromatic nitrogens is 3. The number of aryl methyl sites for hydroxylation is 1. The molecule has 0 unspecified atom stereocenters. The molecule has 4 aromatic heterocycles. The van der Waals surface area contributed by atoms with Crippen LogP contribution >= 0.6 is 22.7 Å². The quantitative estimate of drug-likeness (QED) is 0.205. The summed E-state index contributed by atoms with van der Waals surface area (Å²) in [6.45, 7) is 1.82. The highest BCUT2D eigenvalue weighted by molar-refractivity contribution is 7.21.